The van der Waals surface area contributed by atoms with E-state index < -0.39 is 5.41 Å². The molecule has 1 spiro atoms. The second-order valence-corrected chi connectivity index (χ2v) is 6.86. The number of methoxy groups -OCH3 is 1. The van der Waals surface area contributed by atoms with Crippen molar-refractivity contribution in [1.82, 2.24) is 0 Å². The van der Waals surface area contributed by atoms with Crippen LogP contribution < -0.4 is 0 Å². The van der Waals surface area contributed by atoms with E-state index in [1.54, 1.807) is 7.11 Å². The number of fused-ring (bicyclic) bond motifs is 3. The molecule has 6 atom stereocenters. The summed E-state index contributed by atoms with van der Waals surface area (Å²) in [6.45, 7) is 5.38. The van der Waals surface area contributed by atoms with Gasteiger partial charge in [-0.25, -0.2) is 0 Å². The lowest BCUT2D eigenvalue weighted by Gasteiger charge is -2.46. The third-order valence-electron chi connectivity index (χ3n) is 6.33. The SMILES string of the molecule is C=C[C@H]1[C@H]2CC[C@]1(C=O)[C@H](OC(C)=O)[C@@]21CCC[C@@H]1OC. The molecule has 3 aliphatic carbocycles. The van der Waals surface area contributed by atoms with Gasteiger partial charge in [0.15, 0.2) is 0 Å². The fourth-order valence-electron chi connectivity index (χ4n) is 5.78. The van der Waals surface area contributed by atoms with Crippen LogP contribution in [0, 0.1) is 22.7 Å². The second-order valence-electron chi connectivity index (χ2n) is 6.86. The van der Waals surface area contributed by atoms with Gasteiger partial charge in [0, 0.05) is 19.4 Å². The summed E-state index contributed by atoms with van der Waals surface area (Å²) in [6.07, 6.45) is 7.42. The van der Waals surface area contributed by atoms with E-state index in [1.807, 2.05) is 6.08 Å². The first kappa shape index (κ1) is 14.8. The lowest BCUT2D eigenvalue weighted by atomic mass is 9.65. The summed E-state index contributed by atoms with van der Waals surface area (Å²) < 4.78 is 11.5. The molecule has 0 amide bonds. The van der Waals surface area contributed by atoms with Gasteiger partial charge in [-0.2, -0.15) is 0 Å². The quantitative estimate of drug-likeness (QED) is 0.454. The molecular weight excluding hydrogens is 268 g/mol. The Morgan fingerprint density at radius 1 is 1.33 bits per heavy atom. The molecule has 0 aromatic rings. The fourth-order valence-corrected chi connectivity index (χ4v) is 5.78. The van der Waals surface area contributed by atoms with Crippen molar-refractivity contribution in [3.05, 3.63) is 12.7 Å². The Labute approximate surface area is 125 Å². The van der Waals surface area contributed by atoms with Crippen molar-refractivity contribution >= 4 is 12.3 Å². The zero-order valence-corrected chi connectivity index (χ0v) is 12.8. The van der Waals surface area contributed by atoms with Gasteiger partial charge < -0.3 is 14.3 Å². The molecule has 3 saturated carbocycles. The van der Waals surface area contributed by atoms with Crippen molar-refractivity contribution < 1.29 is 19.1 Å². The maximum absolute atomic E-state index is 12.0. The van der Waals surface area contributed by atoms with Gasteiger partial charge in [-0.05, 0) is 37.5 Å². The molecule has 0 aromatic carbocycles. The molecule has 3 aliphatic rings. The van der Waals surface area contributed by atoms with Gasteiger partial charge in [0.2, 0.25) is 0 Å². The lowest BCUT2D eigenvalue weighted by molar-refractivity contribution is -0.176. The van der Waals surface area contributed by atoms with Crippen molar-refractivity contribution in [3.8, 4) is 0 Å². The first-order chi connectivity index (χ1) is 10.1. The molecule has 0 heterocycles. The number of rotatable bonds is 4. The molecular formula is C17H24O4. The maximum Gasteiger partial charge on any atom is 0.302 e. The molecule has 0 radical (unpaired) electrons. The minimum atomic E-state index is -0.598. The van der Waals surface area contributed by atoms with Crippen LogP contribution in [-0.4, -0.2) is 31.6 Å². The molecule has 0 aromatic heterocycles. The van der Waals surface area contributed by atoms with Gasteiger partial charge in [0.1, 0.15) is 12.4 Å². The maximum atomic E-state index is 12.0. The van der Waals surface area contributed by atoms with E-state index in [4.69, 9.17) is 9.47 Å². The van der Waals surface area contributed by atoms with Gasteiger partial charge >= 0.3 is 5.97 Å². The molecule has 2 bridgehead atoms. The highest BCUT2D eigenvalue weighted by Gasteiger charge is 2.74. The standard InChI is InChI=1S/C17H24O4/c1-4-12-13-7-9-16(12,10-18)15(21-11(2)19)17(13)8-5-6-14(17)20-3/h4,10,12-15H,1,5-9H2,2-3H3/t12-,13+,14-,15-,16+,17-/m0/s1. The third-order valence-corrected chi connectivity index (χ3v) is 6.33. The van der Waals surface area contributed by atoms with Crippen LogP contribution in [0.25, 0.3) is 0 Å². The molecule has 116 valence electrons. The second kappa shape index (κ2) is 4.94. The predicted molar refractivity (Wildman–Crippen MR) is 77.5 cm³/mol. The number of ether oxygens (including phenoxy) is 2. The fraction of sp³-hybridized carbons (Fsp3) is 0.765. The topological polar surface area (TPSA) is 52.6 Å². The van der Waals surface area contributed by atoms with E-state index in [0.29, 0.717) is 5.92 Å². The minimum absolute atomic E-state index is 0.0661. The van der Waals surface area contributed by atoms with Gasteiger partial charge in [-0.15, -0.1) is 6.58 Å². The van der Waals surface area contributed by atoms with Crippen LogP contribution in [-0.2, 0) is 19.1 Å². The largest absolute Gasteiger partial charge is 0.461 e. The molecule has 0 saturated heterocycles. The lowest BCUT2D eigenvalue weighted by Crippen LogP contribution is -2.52. The van der Waals surface area contributed by atoms with Gasteiger partial charge in [0.25, 0.3) is 0 Å². The summed E-state index contributed by atoms with van der Waals surface area (Å²) in [7, 11) is 1.73. The Balaban J connectivity index is 2.12. The first-order valence-electron chi connectivity index (χ1n) is 7.85. The molecule has 4 nitrogen and oxygen atoms in total. The first-order valence-corrected chi connectivity index (χ1v) is 7.85. The van der Waals surface area contributed by atoms with Crippen LogP contribution in [0.15, 0.2) is 12.7 Å². The van der Waals surface area contributed by atoms with Crippen molar-refractivity contribution in [2.24, 2.45) is 22.7 Å². The number of hydrogen-bond donors (Lipinski definition) is 0. The zero-order valence-electron chi connectivity index (χ0n) is 12.8. The highest BCUT2D eigenvalue weighted by molar-refractivity contribution is 5.70. The highest BCUT2D eigenvalue weighted by Crippen LogP contribution is 2.71. The monoisotopic (exact) mass is 292 g/mol. The normalized spacial score (nSPS) is 47.7. The summed E-state index contributed by atoms with van der Waals surface area (Å²) in [5, 5.41) is 0. The third kappa shape index (κ3) is 1.65. The van der Waals surface area contributed by atoms with E-state index in [2.05, 4.69) is 6.58 Å². The number of carbonyl (C=O) groups is 2. The zero-order chi connectivity index (χ0) is 15.3. The van der Waals surface area contributed by atoms with E-state index in [-0.39, 0.29) is 29.5 Å². The molecule has 0 unspecified atom stereocenters. The predicted octanol–water partition coefficient (Wildman–Crippen LogP) is 2.51. The van der Waals surface area contributed by atoms with Crippen LogP contribution in [0.1, 0.15) is 39.0 Å². The molecule has 0 aliphatic heterocycles. The van der Waals surface area contributed by atoms with Gasteiger partial charge in [-0.1, -0.05) is 12.5 Å². The molecule has 3 rings (SSSR count). The van der Waals surface area contributed by atoms with Gasteiger partial charge in [0.05, 0.1) is 11.5 Å². The summed E-state index contributed by atoms with van der Waals surface area (Å²) in [5.74, 6) is 0.116. The van der Waals surface area contributed by atoms with Crippen LogP contribution in [0.3, 0.4) is 0 Å². The van der Waals surface area contributed by atoms with Crippen LogP contribution in [0.2, 0.25) is 0 Å². The van der Waals surface area contributed by atoms with Crippen molar-refractivity contribution in [2.75, 3.05) is 7.11 Å². The Bertz CT molecular complexity index is 473. The van der Waals surface area contributed by atoms with Crippen molar-refractivity contribution in [2.45, 2.75) is 51.2 Å². The summed E-state index contributed by atoms with van der Waals surface area (Å²) in [4.78, 5) is 23.7. The molecule has 0 N–H and O–H groups in total. The number of hydrogen-bond acceptors (Lipinski definition) is 4. The Morgan fingerprint density at radius 3 is 2.67 bits per heavy atom. The Hall–Kier alpha value is -1.16. The number of carbonyl (C=O) groups excluding carboxylic acids is 2. The minimum Gasteiger partial charge on any atom is -0.461 e. The van der Waals surface area contributed by atoms with Crippen LogP contribution in [0.4, 0.5) is 0 Å². The average molecular weight is 292 g/mol. The number of allylic oxidation sites excluding steroid dienone is 1. The van der Waals surface area contributed by atoms with E-state index in [9.17, 15) is 9.59 Å². The number of esters is 1. The molecule has 4 heteroatoms. The summed E-state index contributed by atoms with van der Waals surface area (Å²) in [6, 6.07) is 0. The summed E-state index contributed by atoms with van der Waals surface area (Å²) in [5.41, 5.74) is -0.808. The Morgan fingerprint density at radius 2 is 2.10 bits per heavy atom. The highest BCUT2D eigenvalue weighted by atomic mass is 16.5. The van der Waals surface area contributed by atoms with Crippen LogP contribution >= 0.6 is 0 Å². The van der Waals surface area contributed by atoms with Crippen molar-refractivity contribution in [3.63, 3.8) is 0 Å². The Kier molecular flexibility index (Phi) is 3.47. The van der Waals surface area contributed by atoms with Gasteiger partial charge in [-0.3, -0.25) is 4.79 Å². The molecule has 21 heavy (non-hydrogen) atoms. The van der Waals surface area contributed by atoms with E-state index in [1.165, 1.54) is 6.92 Å². The molecule has 3 fully saturated rings. The number of aldehydes is 1. The summed E-state index contributed by atoms with van der Waals surface area (Å²) >= 11 is 0. The van der Waals surface area contributed by atoms with E-state index >= 15 is 0 Å². The average Bonchev–Trinajstić information content (AvgIpc) is 3.10. The van der Waals surface area contributed by atoms with E-state index in [0.717, 1.165) is 38.4 Å². The van der Waals surface area contributed by atoms with Crippen LogP contribution in [0.5, 0.6) is 0 Å². The van der Waals surface area contributed by atoms with Crippen molar-refractivity contribution in [1.29, 1.82) is 0 Å². The smallest absolute Gasteiger partial charge is 0.302 e.